The Morgan fingerprint density at radius 2 is 2.14 bits per heavy atom. The number of esters is 1. The fourth-order valence-electron chi connectivity index (χ4n) is 1.65. The molecule has 21 heavy (non-hydrogen) atoms. The number of hydrogen-bond donors (Lipinski definition) is 2. The van der Waals surface area contributed by atoms with Gasteiger partial charge in [0.25, 0.3) is 5.56 Å². The van der Waals surface area contributed by atoms with Gasteiger partial charge in [0, 0.05) is 6.54 Å². The number of nitrogens with zero attached hydrogens (tertiary/aromatic N) is 2. The summed E-state index contributed by atoms with van der Waals surface area (Å²) >= 11 is 3.18. The van der Waals surface area contributed by atoms with E-state index in [-0.39, 0.29) is 11.0 Å². The third-order valence-corrected chi connectivity index (χ3v) is 4.18. The molecule has 0 atom stereocenters. The lowest BCUT2D eigenvalue weighted by Crippen LogP contribution is -2.36. The molecule has 0 unspecified atom stereocenters. The first kappa shape index (κ1) is 17.6. The molecule has 0 radical (unpaired) electrons. The van der Waals surface area contributed by atoms with Crippen molar-refractivity contribution in [1.82, 2.24) is 9.78 Å². The third-order valence-electron chi connectivity index (χ3n) is 3.42. The molecule has 0 aliphatic heterocycles. The molecule has 0 aromatic carbocycles. The number of aromatic nitrogens is 2. The predicted molar refractivity (Wildman–Crippen MR) is 82.2 cm³/mol. The van der Waals surface area contributed by atoms with Crippen LogP contribution in [-0.4, -0.2) is 40.1 Å². The lowest BCUT2D eigenvalue weighted by atomic mass is 9.97. The summed E-state index contributed by atoms with van der Waals surface area (Å²) in [5, 5.41) is 17.1. The van der Waals surface area contributed by atoms with Crippen molar-refractivity contribution in [1.29, 1.82) is 0 Å². The van der Waals surface area contributed by atoms with Crippen LogP contribution in [0.2, 0.25) is 0 Å². The summed E-state index contributed by atoms with van der Waals surface area (Å²) < 4.78 is 5.76. The molecule has 1 heterocycles. The van der Waals surface area contributed by atoms with Crippen molar-refractivity contribution in [3.63, 3.8) is 0 Å². The summed E-state index contributed by atoms with van der Waals surface area (Å²) in [6.45, 7) is 3.85. The summed E-state index contributed by atoms with van der Waals surface area (Å²) in [6, 6.07) is 0. The van der Waals surface area contributed by atoms with Crippen molar-refractivity contribution in [2.24, 2.45) is 0 Å². The summed E-state index contributed by atoms with van der Waals surface area (Å²) in [6.07, 6.45) is 2.63. The van der Waals surface area contributed by atoms with Crippen LogP contribution in [0.4, 0.5) is 5.69 Å². The Morgan fingerprint density at radius 1 is 1.52 bits per heavy atom. The summed E-state index contributed by atoms with van der Waals surface area (Å²) in [5.41, 5.74) is -0.802. The zero-order valence-corrected chi connectivity index (χ0v) is 13.9. The Kier molecular flexibility index (Phi) is 6.35. The number of carbonyl (C=O) groups is 1. The maximum atomic E-state index is 12.0. The second kappa shape index (κ2) is 7.56. The number of methoxy groups -OCH3 is 1. The molecule has 0 aliphatic carbocycles. The van der Waals surface area contributed by atoms with Gasteiger partial charge in [-0.15, -0.1) is 0 Å². The van der Waals surface area contributed by atoms with Crippen molar-refractivity contribution < 1.29 is 14.6 Å². The van der Waals surface area contributed by atoms with Crippen LogP contribution in [0.5, 0.6) is 0 Å². The maximum Gasteiger partial charge on any atom is 0.327 e. The van der Waals surface area contributed by atoms with Crippen LogP contribution in [0.1, 0.15) is 26.7 Å². The molecular weight excluding hydrogens is 342 g/mol. The van der Waals surface area contributed by atoms with Gasteiger partial charge in [-0.05, 0) is 28.8 Å². The van der Waals surface area contributed by atoms with Gasteiger partial charge in [0.15, 0.2) is 0 Å². The second-order valence-corrected chi connectivity index (χ2v) is 5.49. The van der Waals surface area contributed by atoms with E-state index in [2.05, 4.69) is 31.1 Å². The first-order valence-electron chi connectivity index (χ1n) is 6.65. The van der Waals surface area contributed by atoms with E-state index in [1.165, 1.54) is 13.3 Å². The van der Waals surface area contributed by atoms with Gasteiger partial charge in [-0.1, -0.05) is 13.8 Å². The topological polar surface area (TPSA) is 93.5 Å². The molecule has 0 spiro atoms. The minimum atomic E-state index is -0.833. The Bertz CT molecular complexity index is 555. The Hall–Kier alpha value is -1.41. The van der Waals surface area contributed by atoms with E-state index >= 15 is 0 Å². The lowest BCUT2D eigenvalue weighted by molar-refractivity contribution is -0.141. The van der Waals surface area contributed by atoms with Gasteiger partial charge in [0.2, 0.25) is 0 Å². The Labute approximate surface area is 131 Å². The van der Waals surface area contributed by atoms with Gasteiger partial charge in [-0.25, -0.2) is 4.68 Å². The van der Waals surface area contributed by atoms with Crippen molar-refractivity contribution in [2.45, 2.75) is 38.8 Å². The molecule has 1 aromatic heterocycles. The number of ether oxygens (including phenoxy) is 1. The lowest BCUT2D eigenvalue weighted by Gasteiger charge is -2.26. The average molecular weight is 362 g/mol. The molecule has 7 nitrogen and oxygen atoms in total. The van der Waals surface area contributed by atoms with E-state index in [1.807, 2.05) is 13.8 Å². The summed E-state index contributed by atoms with van der Waals surface area (Å²) in [7, 11) is 1.24. The standard InChI is InChI=1S/C13H20BrN3O4/c1-4-13(20,5-2)8-15-9-6-16-17(7-10(18)21-3)12(19)11(9)14/h6,15,20H,4-5,7-8H2,1-3H3. The van der Waals surface area contributed by atoms with Crippen LogP contribution in [0.3, 0.4) is 0 Å². The van der Waals surface area contributed by atoms with Gasteiger partial charge in [0.1, 0.15) is 11.0 Å². The molecule has 1 aromatic rings. The van der Waals surface area contributed by atoms with Crippen LogP contribution in [0.15, 0.2) is 15.5 Å². The highest BCUT2D eigenvalue weighted by Crippen LogP contribution is 2.20. The molecule has 2 N–H and O–H groups in total. The fourth-order valence-corrected chi connectivity index (χ4v) is 2.09. The number of nitrogens with one attached hydrogen (secondary N) is 1. The number of halogens is 1. The van der Waals surface area contributed by atoms with Crippen molar-refractivity contribution >= 4 is 27.6 Å². The molecule has 0 fully saturated rings. The van der Waals surface area contributed by atoms with Crippen LogP contribution in [0.25, 0.3) is 0 Å². The zero-order chi connectivity index (χ0) is 16.0. The average Bonchev–Trinajstić information content (AvgIpc) is 2.50. The van der Waals surface area contributed by atoms with Crippen LogP contribution < -0.4 is 10.9 Å². The van der Waals surface area contributed by atoms with Crippen molar-refractivity contribution in [3.8, 4) is 0 Å². The molecule has 118 valence electrons. The zero-order valence-electron chi connectivity index (χ0n) is 12.4. The number of rotatable bonds is 7. The van der Waals surface area contributed by atoms with Crippen LogP contribution >= 0.6 is 15.9 Å². The molecular formula is C13H20BrN3O4. The molecule has 0 aliphatic rings. The van der Waals surface area contributed by atoms with E-state index < -0.39 is 17.1 Å². The van der Waals surface area contributed by atoms with E-state index in [1.54, 1.807) is 0 Å². The minimum absolute atomic E-state index is 0.248. The normalized spacial score (nSPS) is 11.3. The SMILES string of the molecule is CCC(O)(CC)CNc1cnn(CC(=O)OC)c(=O)c1Br. The van der Waals surface area contributed by atoms with Crippen molar-refractivity contribution in [3.05, 3.63) is 21.0 Å². The summed E-state index contributed by atoms with van der Waals surface area (Å²) in [5.74, 6) is -0.552. The highest BCUT2D eigenvalue weighted by Gasteiger charge is 2.22. The second-order valence-electron chi connectivity index (χ2n) is 4.70. The quantitative estimate of drug-likeness (QED) is 0.707. The first-order chi connectivity index (χ1) is 9.86. The highest BCUT2D eigenvalue weighted by molar-refractivity contribution is 9.10. The van der Waals surface area contributed by atoms with Gasteiger partial charge < -0.3 is 15.2 Å². The highest BCUT2D eigenvalue weighted by atomic mass is 79.9. The van der Waals surface area contributed by atoms with E-state index in [9.17, 15) is 14.7 Å². The number of carbonyl (C=O) groups excluding carboxylic acids is 1. The molecule has 8 heteroatoms. The monoisotopic (exact) mass is 361 g/mol. The van der Waals surface area contributed by atoms with Gasteiger partial charge >= 0.3 is 5.97 Å². The first-order valence-corrected chi connectivity index (χ1v) is 7.44. The van der Waals surface area contributed by atoms with Gasteiger partial charge in [0.05, 0.1) is 24.6 Å². The number of anilines is 1. The summed E-state index contributed by atoms with van der Waals surface area (Å²) in [4.78, 5) is 23.2. The molecule has 0 saturated heterocycles. The maximum absolute atomic E-state index is 12.0. The van der Waals surface area contributed by atoms with Crippen LogP contribution in [-0.2, 0) is 16.1 Å². The predicted octanol–water partition coefficient (Wildman–Crippen LogP) is 1.14. The Balaban J connectivity index is 2.90. The van der Waals surface area contributed by atoms with Gasteiger partial charge in [-0.2, -0.15) is 5.10 Å². The third kappa shape index (κ3) is 4.53. The molecule has 1 rings (SSSR count). The van der Waals surface area contributed by atoms with E-state index in [0.29, 0.717) is 25.1 Å². The molecule has 0 bridgehead atoms. The van der Waals surface area contributed by atoms with E-state index in [0.717, 1.165) is 4.68 Å². The number of aliphatic hydroxyl groups is 1. The minimum Gasteiger partial charge on any atom is -0.468 e. The van der Waals surface area contributed by atoms with Crippen molar-refractivity contribution in [2.75, 3.05) is 19.0 Å². The van der Waals surface area contributed by atoms with E-state index in [4.69, 9.17) is 0 Å². The number of hydrogen-bond acceptors (Lipinski definition) is 6. The van der Waals surface area contributed by atoms with Crippen LogP contribution in [0, 0.1) is 0 Å². The van der Waals surface area contributed by atoms with Gasteiger partial charge in [-0.3, -0.25) is 9.59 Å². The fraction of sp³-hybridized carbons (Fsp3) is 0.615. The largest absolute Gasteiger partial charge is 0.468 e. The molecule has 0 amide bonds. The Morgan fingerprint density at radius 3 is 2.67 bits per heavy atom. The molecule has 0 saturated carbocycles. The smallest absolute Gasteiger partial charge is 0.327 e.